The van der Waals surface area contributed by atoms with E-state index in [2.05, 4.69) is 10.3 Å². The number of hydrogen-bond donors (Lipinski definition) is 1. The summed E-state index contributed by atoms with van der Waals surface area (Å²) in [5, 5.41) is 2.69. The summed E-state index contributed by atoms with van der Waals surface area (Å²) in [5.41, 5.74) is 0.155. The minimum atomic E-state index is -3.17. The SMILES string of the molecule is O=C(/C=C1/CC(C(F)F)=Nc2ccccc2N1)C(F)F. The topological polar surface area (TPSA) is 41.5 Å². The molecule has 1 aromatic rings. The molecule has 0 amide bonds. The first-order valence-corrected chi connectivity index (χ1v) is 5.71. The van der Waals surface area contributed by atoms with Gasteiger partial charge in [-0.15, -0.1) is 0 Å². The van der Waals surface area contributed by atoms with Crippen LogP contribution in [0.2, 0.25) is 0 Å². The number of aliphatic imine (C=N–C) groups is 1. The molecule has 0 radical (unpaired) electrons. The highest BCUT2D eigenvalue weighted by Gasteiger charge is 2.22. The Morgan fingerprint density at radius 3 is 2.60 bits per heavy atom. The molecule has 0 bridgehead atoms. The summed E-state index contributed by atoms with van der Waals surface area (Å²) in [6.07, 6.45) is -5.74. The zero-order chi connectivity index (χ0) is 14.7. The quantitative estimate of drug-likeness (QED) is 0.682. The Kier molecular flexibility index (Phi) is 4.16. The Morgan fingerprint density at radius 1 is 1.25 bits per heavy atom. The Hall–Kier alpha value is -2.18. The first kappa shape index (κ1) is 14.2. The number of alkyl halides is 4. The summed E-state index contributed by atoms with van der Waals surface area (Å²) in [6.45, 7) is 0. The first-order chi connectivity index (χ1) is 9.47. The van der Waals surface area contributed by atoms with Crippen molar-refractivity contribution in [2.45, 2.75) is 19.3 Å². The third-order valence-corrected chi connectivity index (χ3v) is 2.62. The predicted octanol–water partition coefficient (Wildman–Crippen LogP) is 3.56. The van der Waals surface area contributed by atoms with Crippen molar-refractivity contribution in [3.8, 4) is 0 Å². The number of hydrogen-bond acceptors (Lipinski definition) is 3. The maximum atomic E-state index is 12.8. The summed E-state index contributed by atoms with van der Waals surface area (Å²) in [6, 6.07) is 6.34. The second kappa shape index (κ2) is 5.85. The van der Waals surface area contributed by atoms with Crippen molar-refractivity contribution >= 4 is 22.9 Å². The van der Waals surface area contributed by atoms with E-state index in [1.807, 2.05) is 0 Å². The largest absolute Gasteiger partial charge is 0.357 e. The lowest BCUT2D eigenvalue weighted by Crippen LogP contribution is -2.15. The molecule has 2 rings (SSSR count). The number of nitrogens with zero attached hydrogens (tertiary/aromatic N) is 1. The van der Waals surface area contributed by atoms with Gasteiger partial charge in [0.05, 0.1) is 17.1 Å². The van der Waals surface area contributed by atoms with Gasteiger partial charge in [-0.05, 0) is 12.1 Å². The molecular weight excluding hydrogens is 276 g/mol. The van der Waals surface area contributed by atoms with Crippen molar-refractivity contribution in [2.24, 2.45) is 4.99 Å². The summed E-state index contributed by atoms with van der Waals surface area (Å²) in [7, 11) is 0. The van der Waals surface area contributed by atoms with Crippen LogP contribution >= 0.6 is 0 Å². The molecule has 7 heteroatoms. The molecule has 1 aromatic carbocycles. The van der Waals surface area contributed by atoms with E-state index in [9.17, 15) is 22.4 Å². The highest BCUT2D eigenvalue weighted by molar-refractivity contribution is 5.98. The molecule has 1 aliphatic rings. The number of carbonyl (C=O) groups excluding carboxylic acids is 1. The summed E-state index contributed by atoms with van der Waals surface area (Å²) in [4.78, 5) is 14.8. The van der Waals surface area contributed by atoms with Crippen molar-refractivity contribution < 1.29 is 22.4 Å². The van der Waals surface area contributed by atoms with Gasteiger partial charge in [0.2, 0.25) is 5.78 Å². The highest BCUT2D eigenvalue weighted by atomic mass is 19.3. The maximum absolute atomic E-state index is 12.8. The zero-order valence-electron chi connectivity index (χ0n) is 10.1. The molecule has 1 N–H and O–H groups in total. The number of para-hydroxylation sites is 2. The fourth-order valence-corrected chi connectivity index (χ4v) is 1.73. The predicted molar refractivity (Wildman–Crippen MR) is 66.9 cm³/mol. The second-order valence-corrected chi connectivity index (χ2v) is 4.10. The summed E-state index contributed by atoms with van der Waals surface area (Å²) < 4.78 is 50.2. The number of anilines is 1. The molecule has 0 aliphatic carbocycles. The van der Waals surface area contributed by atoms with Crippen molar-refractivity contribution in [2.75, 3.05) is 5.32 Å². The van der Waals surface area contributed by atoms with Crippen molar-refractivity contribution in [3.05, 3.63) is 36.0 Å². The number of carbonyl (C=O) groups is 1. The number of benzene rings is 1. The van der Waals surface area contributed by atoms with Gasteiger partial charge in [-0.3, -0.25) is 4.79 Å². The van der Waals surface area contributed by atoms with Crippen LogP contribution in [0.1, 0.15) is 6.42 Å². The maximum Gasteiger partial charge on any atom is 0.299 e. The van der Waals surface area contributed by atoms with Gasteiger partial charge in [-0.25, -0.2) is 22.6 Å². The number of rotatable bonds is 3. The molecule has 0 spiro atoms. The van der Waals surface area contributed by atoms with E-state index in [0.717, 1.165) is 0 Å². The van der Waals surface area contributed by atoms with Gasteiger partial charge in [-0.1, -0.05) is 12.1 Å². The van der Waals surface area contributed by atoms with Crippen LogP contribution in [0.3, 0.4) is 0 Å². The van der Waals surface area contributed by atoms with Crippen molar-refractivity contribution in [1.29, 1.82) is 0 Å². The van der Waals surface area contributed by atoms with Gasteiger partial charge in [0.15, 0.2) is 0 Å². The Balaban J connectivity index is 2.41. The highest BCUT2D eigenvalue weighted by Crippen LogP contribution is 2.31. The molecule has 106 valence electrons. The zero-order valence-corrected chi connectivity index (χ0v) is 10.1. The molecule has 1 aliphatic heterocycles. The monoisotopic (exact) mass is 286 g/mol. The smallest absolute Gasteiger partial charge is 0.299 e. The van der Waals surface area contributed by atoms with Crippen LogP contribution < -0.4 is 5.32 Å². The van der Waals surface area contributed by atoms with Crippen molar-refractivity contribution in [3.63, 3.8) is 0 Å². The van der Waals surface area contributed by atoms with E-state index >= 15 is 0 Å². The van der Waals surface area contributed by atoms with Crippen LogP contribution in [0.25, 0.3) is 0 Å². The van der Waals surface area contributed by atoms with Gasteiger partial charge in [0, 0.05) is 18.2 Å². The Morgan fingerprint density at radius 2 is 1.95 bits per heavy atom. The Bertz CT molecular complexity index is 581. The van der Waals surface area contributed by atoms with E-state index in [1.165, 1.54) is 6.07 Å². The molecule has 0 aromatic heterocycles. The van der Waals surface area contributed by atoms with Gasteiger partial charge >= 0.3 is 0 Å². The number of allylic oxidation sites excluding steroid dienone is 2. The lowest BCUT2D eigenvalue weighted by Gasteiger charge is -2.09. The molecule has 0 saturated carbocycles. The van der Waals surface area contributed by atoms with Crippen LogP contribution in [0.5, 0.6) is 0 Å². The van der Waals surface area contributed by atoms with Gasteiger partial charge < -0.3 is 5.32 Å². The average Bonchev–Trinajstić information content (AvgIpc) is 2.57. The van der Waals surface area contributed by atoms with E-state index in [-0.39, 0.29) is 17.8 Å². The van der Waals surface area contributed by atoms with E-state index < -0.39 is 24.3 Å². The van der Waals surface area contributed by atoms with Gasteiger partial charge in [0.25, 0.3) is 12.9 Å². The van der Waals surface area contributed by atoms with Crippen LogP contribution in [0.4, 0.5) is 28.9 Å². The van der Waals surface area contributed by atoms with E-state index in [4.69, 9.17) is 0 Å². The number of halogens is 4. The molecule has 20 heavy (non-hydrogen) atoms. The lowest BCUT2D eigenvalue weighted by molar-refractivity contribution is -0.124. The van der Waals surface area contributed by atoms with Gasteiger partial charge in [-0.2, -0.15) is 0 Å². The van der Waals surface area contributed by atoms with Crippen LogP contribution in [-0.4, -0.2) is 24.3 Å². The van der Waals surface area contributed by atoms with Crippen molar-refractivity contribution in [1.82, 2.24) is 0 Å². The first-order valence-electron chi connectivity index (χ1n) is 5.71. The fourth-order valence-electron chi connectivity index (χ4n) is 1.73. The molecule has 1 heterocycles. The summed E-state index contributed by atoms with van der Waals surface area (Å²) in [5.74, 6) is -1.43. The second-order valence-electron chi connectivity index (χ2n) is 4.10. The minimum absolute atomic E-state index is 0.0284. The fraction of sp³-hybridized carbons (Fsp3) is 0.231. The third-order valence-electron chi connectivity index (χ3n) is 2.62. The van der Waals surface area contributed by atoms with Crippen LogP contribution in [0.15, 0.2) is 41.0 Å². The van der Waals surface area contributed by atoms with E-state index in [0.29, 0.717) is 11.8 Å². The lowest BCUT2D eigenvalue weighted by atomic mass is 10.2. The standard InChI is InChI=1S/C13H10F4N2O/c14-12(15)10-5-7(6-11(20)13(16)17)18-8-3-1-2-4-9(8)19-10/h1-4,6,12-13,18H,5H2/b7-6-. The molecule has 3 nitrogen and oxygen atoms in total. The number of fused-ring (bicyclic) bond motifs is 1. The Labute approximate surface area is 112 Å². The molecule has 0 fully saturated rings. The molecular formula is C13H10F4N2O. The number of ketones is 1. The van der Waals surface area contributed by atoms with Crippen LogP contribution in [-0.2, 0) is 4.79 Å². The summed E-state index contributed by atoms with van der Waals surface area (Å²) >= 11 is 0. The average molecular weight is 286 g/mol. The van der Waals surface area contributed by atoms with Crippen LogP contribution in [0, 0.1) is 0 Å². The molecule has 0 atom stereocenters. The molecule has 0 saturated heterocycles. The van der Waals surface area contributed by atoms with E-state index in [1.54, 1.807) is 18.2 Å². The molecule has 0 unspecified atom stereocenters. The third kappa shape index (κ3) is 3.23. The minimum Gasteiger partial charge on any atom is -0.357 e. The van der Waals surface area contributed by atoms with Gasteiger partial charge in [0.1, 0.15) is 0 Å². The normalized spacial score (nSPS) is 16.7. The number of nitrogens with one attached hydrogen (secondary N) is 1.